The monoisotopic (exact) mass is 889 g/mol. The van der Waals surface area contributed by atoms with Crippen molar-refractivity contribution in [3.05, 3.63) is 225 Å². The summed E-state index contributed by atoms with van der Waals surface area (Å²) in [4.78, 5) is 17.5. The van der Waals surface area contributed by atoms with Gasteiger partial charge in [0.2, 0.25) is 0 Å². The maximum Gasteiger partial charge on any atom is 0.431 e. The molecule has 6 heterocycles. The zero-order valence-electron chi connectivity index (χ0n) is 36.5. The average Bonchev–Trinajstić information content (AvgIpc) is 3.40. The predicted octanol–water partition coefficient (Wildman–Crippen LogP) is 12.3. The van der Waals surface area contributed by atoms with Crippen LogP contribution in [0.4, 0.5) is 51.2 Å². The van der Waals surface area contributed by atoms with Crippen LogP contribution in [0.3, 0.4) is 0 Å². The molecule has 0 aliphatic carbocycles. The van der Waals surface area contributed by atoms with Gasteiger partial charge >= 0.3 is 6.92 Å². The van der Waals surface area contributed by atoms with Gasteiger partial charge in [0.15, 0.2) is 0 Å². The van der Waals surface area contributed by atoms with Gasteiger partial charge in [-0.2, -0.15) is 11.6 Å². The third-order valence-electron chi connectivity index (χ3n) is 13.4. The third-order valence-corrected chi connectivity index (χ3v) is 14.8. The van der Waals surface area contributed by atoms with E-state index < -0.39 is 6.92 Å². The highest BCUT2D eigenvalue weighted by molar-refractivity contribution is 8.28. The summed E-state index contributed by atoms with van der Waals surface area (Å²) in [6, 6.07) is 70.9. The summed E-state index contributed by atoms with van der Waals surface area (Å²) in [6.07, 6.45) is 7.67. The Hall–Kier alpha value is -8.46. The average molecular weight is 890 g/mol. The highest BCUT2D eigenvalue weighted by atomic mass is 32.2. The number of fused-ring (bicyclic) bond motifs is 8. The molecule has 4 aliphatic rings. The molecule has 4 aliphatic heterocycles. The molecule has 0 saturated carbocycles. The molecule has 0 N–H and O–H groups in total. The van der Waals surface area contributed by atoms with Crippen LogP contribution in [0.25, 0.3) is 22.3 Å². The van der Waals surface area contributed by atoms with Crippen molar-refractivity contribution in [1.82, 2.24) is 9.97 Å². The number of ether oxygens (including phenoxy) is 1. The molecule has 2 aromatic heterocycles. The van der Waals surface area contributed by atoms with Gasteiger partial charge in [0.05, 0.1) is 5.69 Å². The second-order valence-electron chi connectivity index (χ2n) is 17.3. The summed E-state index contributed by atoms with van der Waals surface area (Å²) in [5.41, 5.74) is 18.0. The molecule has 318 valence electrons. The highest BCUT2D eigenvalue weighted by Crippen LogP contribution is 2.50. The lowest BCUT2D eigenvalue weighted by Gasteiger charge is -2.42. The Morgan fingerprint density at radius 2 is 0.971 bits per heavy atom. The molecule has 0 unspecified atom stereocenters. The first kappa shape index (κ1) is 38.8. The van der Waals surface area contributed by atoms with Crippen LogP contribution in [-0.2, 0) is 0 Å². The highest BCUT2D eigenvalue weighted by Gasteiger charge is 2.47. The number of hydrogen-bond acceptors (Lipinski definition) is 8. The zero-order chi connectivity index (χ0) is 44.7. The van der Waals surface area contributed by atoms with Crippen LogP contribution in [0.2, 0.25) is 0 Å². The lowest BCUT2D eigenvalue weighted by Crippen LogP contribution is -2.58. The SMILES string of the molecule is c1ccc(N(c2ccccc2)c2cc3c4c(c2)-c2cnccc2SB4c2cc4c(cc2O3)N(c2ccccc2)c2cc(N(c3ccccc3)c3ccccc3)cc3c2B4Oc2ccncc2-3)cc1. The number of aromatic nitrogens is 2. The minimum atomic E-state index is -0.412. The van der Waals surface area contributed by atoms with Gasteiger partial charge in [-0.15, -0.1) is 0 Å². The van der Waals surface area contributed by atoms with Gasteiger partial charge < -0.3 is 24.1 Å². The van der Waals surface area contributed by atoms with Crippen LogP contribution >= 0.6 is 11.6 Å². The van der Waals surface area contributed by atoms with Crippen LogP contribution in [-0.4, -0.2) is 22.9 Å². The van der Waals surface area contributed by atoms with Gasteiger partial charge in [0.25, 0.3) is 5.99 Å². The van der Waals surface area contributed by atoms with Gasteiger partial charge in [0.1, 0.15) is 17.2 Å². The van der Waals surface area contributed by atoms with Crippen molar-refractivity contribution >= 4 is 97.6 Å². The largest absolute Gasteiger partial charge is 0.551 e. The summed E-state index contributed by atoms with van der Waals surface area (Å²) >= 11 is 1.86. The van der Waals surface area contributed by atoms with Crippen molar-refractivity contribution < 1.29 is 9.39 Å². The summed E-state index contributed by atoms with van der Waals surface area (Å²) < 4.78 is 14.6. The van der Waals surface area contributed by atoms with Crippen molar-refractivity contribution in [3.8, 4) is 39.5 Å². The smallest absolute Gasteiger partial charge is 0.431 e. The molecule has 0 radical (unpaired) electrons. The standard InChI is InChI=1S/C58H37B2N5O2S/c1-6-16-38(17-7-1)63(39-18-8-2-9-19-39)43-30-45-47-36-61-28-26-53(47)67-59-49-34-50-54(35-51(49)65(52(32-43)57(45)59)42-24-14-5-15-25-42)66-55-33-44(31-46-48-37-62-29-27-56(48)68-60(50)58(46)55)64(40-20-10-3-11-21-40)41-22-12-4-13-23-41/h1-37H. The maximum absolute atomic E-state index is 7.34. The minimum absolute atomic E-state index is 0.0568. The summed E-state index contributed by atoms with van der Waals surface area (Å²) in [7, 11) is 0. The zero-order valence-corrected chi connectivity index (χ0v) is 37.3. The summed E-state index contributed by atoms with van der Waals surface area (Å²) in [6.45, 7) is -0.412. The van der Waals surface area contributed by atoms with Crippen LogP contribution in [0.15, 0.2) is 230 Å². The molecule has 0 fully saturated rings. The molecule has 8 aromatic carbocycles. The Balaban J connectivity index is 1.00. The number of para-hydroxylation sites is 5. The van der Waals surface area contributed by atoms with Gasteiger partial charge in [-0.25, -0.2) is 0 Å². The lowest BCUT2D eigenvalue weighted by atomic mass is 9.47. The summed E-state index contributed by atoms with van der Waals surface area (Å²) in [5, 5.41) is 0. The number of hydrogen-bond donors (Lipinski definition) is 0. The molecule has 14 rings (SSSR count). The number of anilines is 9. The van der Waals surface area contributed by atoms with E-state index in [0.29, 0.717) is 0 Å². The van der Waals surface area contributed by atoms with Gasteiger partial charge in [0, 0.05) is 104 Å². The fraction of sp³-hybridized carbons (Fsp3) is 0. The molecule has 0 bridgehead atoms. The quantitative estimate of drug-likeness (QED) is 0.147. The second-order valence-corrected chi connectivity index (χ2v) is 18.5. The molecule has 10 heteroatoms. The van der Waals surface area contributed by atoms with Crippen molar-refractivity contribution in [2.45, 2.75) is 4.90 Å². The van der Waals surface area contributed by atoms with Crippen molar-refractivity contribution in [1.29, 1.82) is 0 Å². The molecule has 0 spiro atoms. The third kappa shape index (κ3) is 6.11. The Kier molecular flexibility index (Phi) is 8.88. The van der Waals surface area contributed by atoms with Crippen molar-refractivity contribution in [2.24, 2.45) is 0 Å². The van der Waals surface area contributed by atoms with Gasteiger partial charge in [-0.1, -0.05) is 97.1 Å². The molecule has 7 nitrogen and oxygen atoms in total. The minimum Gasteiger partial charge on any atom is -0.551 e. The van der Waals surface area contributed by atoms with Crippen molar-refractivity contribution in [3.63, 3.8) is 0 Å². The number of pyridine rings is 2. The summed E-state index contributed by atoms with van der Waals surface area (Å²) in [5.74, 6) is 2.39. The second kappa shape index (κ2) is 15.6. The van der Waals surface area contributed by atoms with Crippen molar-refractivity contribution in [2.75, 3.05) is 14.7 Å². The Morgan fingerprint density at radius 3 is 1.59 bits per heavy atom. The molecule has 0 saturated heterocycles. The van der Waals surface area contributed by atoms with E-state index in [1.54, 1.807) is 0 Å². The fourth-order valence-electron chi connectivity index (χ4n) is 10.5. The number of rotatable bonds is 7. The lowest BCUT2D eigenvalue weighted by molar-refractivity contribution is 0.488. The first-order chi connectivity index (χ1) is 33.7. The first-order valence-electron chi connectivity index (χ1n) is 22.8. The Labute approximate surface area is 399 Å². The van der Waals surface area contributed by atoms with E-state index in [2.05, 4.69) is 219 Å². The maximum atomic E-state index is 7.34. The van der Waals surface area contributed by atoms with Crippen LogP contribution in [0.1, 0.15) is 0 Å². The fourth-order valence-corrected chi connectivity index (χ4v) is 11.9. The molecular formula is C58H37B2N5O2S. The Bertz CT molecular complexity index is 3510. The van der Waals surface area contributed by atoms with E-state index >= 15 is 0 Å². The molecule has 0 atom stereocenters. The van der Waals surface area contributed by atoms with Crippen LogP contribution in [0, 0.1) is 0 Å². The van der Waals surface area contributed by atoms with Crippen LogP contribution in [0.5, 0.6) is 17.2 Å². The normalized spacial score (nSPS) is 13.1. The molecule has 0 amide bonds. The van der Waals surface area contributed by atoms with E-state index in [1.807, 2.05) is 42.5 Å². The molecule has 10 aromatic rings. The van der Waals surface area contributed by atoms with E-state index in [4.69, 9.17) is 9.39 Å². The topological polar surface area (TPSA) is 54.0 Å². The van der Waals surface area contributed by atoms with Crippen LogP contribution < -0.4 is 45.9 Å². The van der Waals surface area contributed by atoms with E-state index in [1.165, 1.54) is 4.90 Å². The predicted molar refractivity (Wildman–Crippen MR) is 280 cm³/mol. The first-order valence-corrected chi connectivity index (χ1v) is 23.7. The number of benzene rings is 8. The van der Waals surface area contributed by atoms with E-state index in [9.17, 15) is 0 Å². The number of nitrogens with zero attached hydrogens (tertiary/aromatic N) is 5. The van der Waals surface area contributed by atoms with E-state index in [0.717, 1.165) is 113 Å². The van der Waals surface area contributed by atoms with E-state index in [-0.39, 0.29) is 5.99 Å². The van der Waals surface area contributed by atoms with Gasteiger partial charge in [-0.05, 0) is 119 Å². The molecular weight excluding hydrogens is 852 g/mol. The molecule has 68 heavy (non-hydrogen) atoms. The Morgan fingerprint density at radius 1 is 0.426 bits per heavy atom. The van der Waals surface area contributed by atoms with Gasteiger partial charge in [-0.3, -0.25) is 9.97 Å².